The summed E-state index contributed by atoms with van der Waals surface area (Å²) < 4.78 is 4.85. The van der Waals surface area contributed by atoms with E-state index < -0.39 is 0 Å². The molecule has 0 aliphatic carbocycles. The molecule has 0 amide bonds. The molecule has 1 saturated heterocycles. The Morgan fingerprint density at radius 3 is 3.14 bits per heavy atom. The van der Waals surface area contributed by atoms with Crippen LogP contribution >= 0.6 is 0 Å². The van der Waals surface area contributed by atoms with Crippen molar-refractivity contribution in [1.82, 2.24) is 10.6 Å². The zero-order valence-corrected chi connectivity index (χ0v) is 8.84. The SMILES string of the molecule is CCOC(=O)CNC1CCCNCC1. The molecule has 0 saturated carbocycles. The highest BCUT2D eigenvalue weighted by atomic mass is 16.5. The molecule has 0 bridgehead atoms. The highest BCUT2D eigenvalue weighted by Crippen LogP contribution is 2.04. The van der Waals surface area contributed by atoms with Gasteiger partial charge in [-0.15, -0.1) is 0 Å². The fourth-order valence-corrected chi connectivity index (χ4v) is 1.66. The van der Waals surface area contributed by atoms with Gasteiger partial charge in [-0.2, -0.15) is 0 Å². The molecule has 0 radical (unpaired) electrons. The Morgan fingerprint density at radius 1 is 1.50 bits per heavy atom. The van der Waals surface area contributed by atoms with E-state index in [2.05, 4.69) is 10.6 Å². The van der Waals surface area contributed by atoms with Gasteiger partial charge in [-0.3, -0.25) is 4.79 Å². The number of carbonyl (C=O) groups excluding carboxylic acids is 1. The van der Waals surface area contributed by atoms with E-state index in [0.29, 0.717) is 19.2 Å². The van der Waals surface area contributed by atoms with Crippen molar-refractivity contribution in [2.45, 2.75) is 32.2 Å². The molecule has 4 nitrogen and oxygen atoms in total. The Morgan fingerprint density at radius 2 is 2.36 bits per heavy atom. The van der Waals surface area contributed by atoms with E-state index in [4.69, 9.17) is 4.74 Å². The molecule has 1 fully saturated rings. The lowest BCUT2D eigenvalue weighted by atomic mass is 10.1. The molecule has 1 aliphatic rings. The molecule has 4 heteroatoms. The summed E-state index contributed by atoms with van der Waals surface area (Å²) >= 11 is 0. The summed E-state index contributed by atoms with van der Waals surface area (Å²) in [6.45, 7) is 4.77. The fourth-order valence-electron chi connectivity index (χ4n) is 1.66. The van der Waals surface area contributed by atoms with E-state index >= 15 is 0 Å². The average molecular weight is 200 g/mol. The van der Waals surface area contributed by atoms with Gasteiger partial charge in [0.25, 0.3) is 0 Å². The van der Waals surface area contributed by atoms with Crippen LogP contribution in [-0.2, 0) is 9.53 Å². The predicted molar refractivity (Wildman–Crippen MR) is 55.1 cm³/mol. The number of carbonyl (C=O) groups is 1. The molecule has 82 valence electrons. The van der Waals surface area contributed by atoms with Crippen LogP contribution in [-0.4, -0.2) is 38.3 Å². The van der Waals surface area contributed by atoms with E-state index in [1.165, 1.54) is 6.42 Å². The molecule has 1 atom stereocenters. The minimum absolute atomic E-state index is 0.148. The lowest BCUT2D eigenvalue weighted by molar-refractivity contribution is -0.142. The lowest BCUT2D eigenvalue weighted by Gasteiger charge is -2.14. The molecule has 0 aromatic carbocycles. The van der Waals surface area contributed by atoms with E-state index in [1.807, 2.05) is 6.92 Å². The van der Waals surface area contributed by atoms with Gasteiger partial charge in [-0.05, 0) is 39.3 Å². The Hall–Kier alpha value is -0.610. The van der Waals surface area contributed by atoms with Crippen molar-refractivity contribution in [3.8, 4) is 0 Å². The zero-order valence-electron chi connectivity index (χ0n) is 8.84. The van der Waals surface area contributed by atoms with Crippen LogP contribution < -0.4 is 10.6 Å². The third-order valence-electron chi connectivity index (χ3n) is 2.42. The van der Waals surface area contributed by atoms with E-state index in [-0.39, 0.29) is 5.97 Å². The molecular weight excluding hydrogens is 180 g/mol. The maximum Gasteiger partial charge on any atom is 0.319 e. The largest absolute Gasteiger partial charge is 0.465 e. The molecule has 1 heterocycles. The van der Waals surface area contributed by atoms with Crippen molar-refractivity contribution >= 4 is 5.97 Å². The highest BCUT2D eigenvalue weighted by Gasteiger charge is 2.12. The Labute approximate surface area is 85.4 Å². The van der Waals surface area contributed by atoms with Crippen LogP contribution in [0.1, 0.15) is 26.2 Å². The van der Waals surface area contributed by atoms with Crippen LogP contribution in [0.2, 0.25) is 0 Å². The van der Waals surface area contributed by atoms with E-state index in [1.54, 1.807) is 0 Å². The quantitative estimate of drug-likeness (QED) is 0.640. The summed E-state index contributed by atoms with van der Waals surface area (Å²) in [6.07, 6.45) is 3.42. The highest BCUT2D eigenvalue weighted by molar-refractivity contribution is 5.71. The maximum atomic E-state index is 11.1. The predicted octanol–water partition coefficient (Wildman–Crippen LogP) is 0.281. The molecule has 0 aromatic heterocycles. The summed E-state index contributed by atoms with van der Waals surface area (Å²) in [4.78, 5) is 11.1. The van der Waals surface area contributed by atoms with Gasteiger partial charge in [0, 0.05) is 6.04 Å². The third-order valence-corrected chi connectivity index (χ3v) is 2.42. The Kier molecular flexibility index (Phi) is 5.56. The summed E-state index contributed by atoms with van der Waals surface area (Å²) in [5.74, 6) is -0.148. The summed E-state index contributed by atoms with van der Waals surface area (Å²) in [6, 6.07) is 0.467. The maximum absolute atomic E-state index is 11.1. The monoisotopic (exact) mass is 200 g/mol. The Balaban J connectivity index is 2.12. The normalized spacial score (nSPS) is 22.8. The molecule has 14 heavy (non-hydrogen) atoms. The van der Waals surface area contributed by atoms with Gasteiger partial charge in [0.15, 0.2) is 0 Å². The minimum atomic E-state index is -0.148. The number of nitrogens with one attached hydrogen (secondary N) is 2. The van der Waals surface area contributed by atoms with Crippen LogP contribution in [0.15, 0.2) is 0 Å². The van der Waals surface area contributed by atoms with E-state index in [9.17, 15) is 4.79 Å². The third kappa shape index (κ3) is 4.58. The molecule has 0 spiro atoms. The summed E-state index contributed by atoms with van der Waals surface area (Å²) in [7, 11) is 0. The molecule has 0 aromatic rings. The minimum Gasteiger partial charge on any atom is -0.465 e. The van der Waals surface area contributed by atoms with Gasteiger partial charge in [-0.25, -0.2) is 0 Å². The summed E-state index contributed by atoms with van der Waals surface area (Å²) in [5.41, 5.74) is 0. The number of esters is 1. The number of ether oxygens (including phenoxy) is 1. The van der Waals surface area contributed by atoms with Gasteiger partial charge >= 0.3 is 5.97 Å². The number of rotatable bonds is 4. The van der Waals surface area contributed by atoms with Crippen molar-refractivity contribution in [2.24, 2.45) is 0 Å². The second-order valence-electron chi connectivity index (χ2n) is 3.56. The number of hydrogen-bond donors (Lipinski definition) is 2. The Bertz CT molecular complexity index is 166. The van der Waals surface area contributed by atoms with Crippen molar-refractivity contribution in [1.29, 1.82) is 0 Å². The first-order valence-corrected chi connectivity index (χ1v) is 5.42. The first-order valence-electron chi connectivity index (χ1n) is 5.42. The van der Waals surface area contributed by atoms with Gasteiger partial charge < -0.3 is 15.4 Å². The van der Waals surface area contributed by atoms with Crippen molar-refractivity contribution in [3.63, 3.8) is 0 Å². The first-order chi connectivity index (χ1) is 6.83. The van der Waals surface area contributed by atoms with Crippen LogP contribution in [0.4, 0.5) is 0 Å². The lowest BCUT2D eigenvalue weighted by Crippen LogP contribution is -2.35. The second-order valence-corrected chi connectivity index (χ2v) is 3.56. The van der Waals surface area contributed by atoms with Gasteiger partial charge in [-0.1, -0.05) is 0 Å². The molecule has 1 aliphatic heterocycles. The molecule has 1 rings (SSSR count). The molecular formula is C10H20N2O2. The van der Waals surface area contributed by atoms with E-state index in [0.717, 1.165) is 25.9 Å². The van der Waals surface area contributed by atoms with Crippen LogP contribution in [0.25, 0.3) is 0 Å². The van der Waals surface area contributed by atoms with Gasteiger partial charge in [0.1, 0.15) is 0 Å². The topological polar surface area (TPSA) is 50.4 Å². The molecule has 2 N–H and O–H groups in total. The molecule has 1 unspecified atom stereocenters. The van der Waals surface area contributed by atoms with Crippen molar-refractivity contribution in [3.05, 3.63) is 0 Å². The van der Waals surface area contributed by atoms with Gasteiger partial charge in [0.05, 0.1) is 13.2 Å². The first kappa shape index (κ1) is 11.5. The van der Waals surface area contributed by atoms with Crippen LogP contribution in [0.5, 0.6) is 0 Å². The van der Waals surface area contributed by atoms with Crippen LogP contribution in [0.3, 0.4) is 0 Å². The smallest absolute Gasteiger partial charge is 0.319 e. The average Bonchev–Trinajstić information content (AvgIpc) is 2.43. The summed E-state index contributed by atoms with van der Waals surface area (Å²) in [5, 5.41) is 6.57. The van der Waals surface area contributed by atoms with Crippen molar-refractivity contribution < 1.29 is 9.53 Å². The zero-order chi connectivity index (χ0) is 10.2. The standard InChI is InChI=1S/C10H20N2O2/c1-2-14-10(13)8-12-9-4-3-6-11-7-5-9/h9,11-12H,2-8H2,1H3. The fraction of sp³-hybridized carbons (Fsp3) is 0.900. The van der Waals surface area contributed by atoms with Crippen molar-refractivity contribution in [2.75, 3.05) is 26.2 Å². The number of hydrogen-bond acceptors (Lipinski definition) is 4. The second kappa shape index (κ2) is 6.79. The van der Waals surface area contributed by atoms with Gasteiger partial charge in [0.2, 0.25) is 0 Å². The van der Waals surface area contributed by atoms with Crippen LogP contribution in [0, 0.1) is 0 Å².